The summed E-state index contributed by atoms with van der Waals surface area (Å²) in [5.74, 6) is -3.05. The maximum Gasteiger partial charge on any atom is 0.371 e. The Morgan fingerprint density at radius 2 is 1.06 bits per heavy atom. The number of nitrogen functional groups attached to an aromatic ring is 3. The van der Waals surface area contributed by atoms with Gasteiger partial charge in [0, 0.05) is 28.4 Å². The number of benzene rings is 5. The lowest BCUT2D eigenvalue weighted by atomic mass is 10.1. The average Bonchev–Trinajstić information content (AvgIpc) is 3.68. The van der Waals surface area contributed by atoms with E-state index in [2.05, 4.69) is 20.4 Å². The van der Waals surface area contributed by atoms with Crippen molar-refractivity contribution in [3.05, 3.63) is 168 Å². The van der Waals surface area contributed by atoms with E-state index in [1.165, 1.54) is 48.7 Å². The minimum Gasteiger partial charge on any atom is -0.475 e. The second-order valence-electron chi connectivity index (χ2n) is 10.5. The molecule has 6 rings (SSSR count). The normalized spacial score (nSPS) is 9.90. The van der Waals surface area contributed by atoms with Crippen LogP contribution in [0.25, 0.3) is 0 Å². The molecule has 0 fully saturated rings. The van der Waals surface area contributed by atoms with Crippen LogP contribution in [0.15, 0.2) is 144 Å². The molecule has 1 heterocycles. The van der Waals surface area contributed by atoms with Crippen LogP contribution in [0.4, 0.5) is 38.5 Å². The second kappa shape index (κ2) is 17.7. The van der Waals surface area contributed by atoms with Crippen LogP contribution in [0.1, 0.15) is 41.6 Å². The molecule has 5 aromatic carbocycles. The number of amides is 3. The first-order valence-electron chi connectivity index (χ1n) is 15.1. The molecule has 0 aliphatic heterocycles. The largest absolute Gasteiger partial charge is 0.475 e. The van der Waals surface area contributed by atoms with Crippen molar-refractivity contribution in [3.8, 4) is 0 Å². The van der Waals surface area contributed by atoms with Crippen molar-refractivity contribution in [1.82, 2.24) is 0 Å². The van der Waals surface area contributed by atoms with Crippen molar-refractivity contribution < 1.29 is 33.1 Å². The maximum absolute atomic E-state index is 13.8. The number of rotatable bonds is 7. The predicted octanol–water partition coefficient (Wildman–Crippen LogP) is 6.99. The summed E-state index contributed by atoms with van der Waals surface area (Å²) in [4.78, 5) is 46.8. The predicted molar refractivity (Wildman–Crippen MR) is 195 cm³/mol. The van der Waals surface area contributed by atoms with Crippen molar-refractivity contribution in [2.24, 2.45) is 0 Å². The summed E-state index contributed by atoms with van der Waals surface area (Å²) < 4.78 is 18.3. The van der Waals surface area contributed by atoms with Crippen LogP contribution >= 0.6 is 0 Å². The van der Waals surface area contributed by atoms with Crippen molar-refractivity contribution >= 4 is 57.8 Å². The molecule has 10 N–H and O–H groups in total. The standard InChI is InChI=1S/C20H16FN3O2.C13H13N3O.C5H4O3/c21-17-9-5-4-8-15(17)19(25)24-18-11-10-13(22)12-16(18)20(26)23-14-6-2-1-3-7-14;14-9-6-7-12(15)11(8-9)13(17)16-10-4-2-1-3-5-10;6-5(7)4-2-1-3-8-4/h1-12H,22H2,(H,23,26)(H,24,25);1-8H,14-15H2,(H,16,17);1-3H,(H,6,7). The zero-order valence-electron chi connectivity index (χ0n) is 26.9. The number of hydrogen-bond acceptors (Lipinski definition) is 8. The Bertz CT molecular complexity index is 2110. The highest BCUT2D eigenvalue weighted by atomic mass is 19.1. The van der Waals surface area contributed by atoms with Crippen molar-refractivity contribution in [3.63, 3.8) is 0 Å². The Morgan fingerprint density at radius 3 is 1.59 bits per heavy atom. The first-order valence-corrected chi connectivity index (χ1v) is 15.1. The van der Waals surface area contributed by atoms with Gasteiger partial charge in [0.25, 0.3) is 17.7 Å². The molecule has 13 heteroatoms. The number of nitrogens with two attached hydrogens (primary N) is 3. The van der Waals surface area contributed by atoms with Gasteiger partial charge in [-0.15, -0.1) is 0 Å². The van der Waals surface area contributed by atoms with Crippen molar-refractivity contribution in [1.29, 1.82) is 0 Å². The minimum atomic E-state index is -1.03. The Morgan fingerprint density at radius 1 is 0.549 bits per heavy atom. The molecule has 6 aromatic rings. The van der Waals surface area contributed by atoms with Crippen LogP contribution < -0.4 is 33.2 Å². The number of nitrogens with one attached hydrogen (secondary N) is 3. The van der Waals surface area contributed by atoms with Gasteiger partial charge in [-0.1, -0.05) is 48.5 Å². The van der Waals surface area contributed by atoms with E-state index in [9.17, 15) is 23.6 Å². The van der Waals surface area contributed by atoms with E-state index in [-0.39, 0.29) is 28.5 Å². The molecule has 3 amide bonds. The summed E-state index contributed by atoms with van der Waals surface area (Å²) in [5, 5.41) is 16.2. The fourth-order valence-electron chi connectivity index (χ4n) is 4.30. The smallest absolute Gasteiger partial charge is 0.371 e. The monoisotopic (exact) mass is 688 g/mol. The molecule has 0 aliphatic carbocycles. The molecule has 0 saturated carbocycles. The summed E-state index contributed by atoms with van der Waals surface area (Å²) in [7, 11) is 0. The number of carbonyl (C=O) groups is 4. The van der Waals surface area contributed by atoms with E-state index in [1.807, 2.05) is 24.3 Å². The Balaban J connectivity index is 0.000000198. The number of para-hydroxylation sites is 2. The van der Waals surface area contributed by atoms with Crippen LogP contribution in [0.3, 0.4) is 0 Å². The summed E-state index contributed by atoms with van der Waals surface area (Å²) in [5.41, 5.74) is 20.4. The van der Waals surface area contributed by atoms with Crippen LogP contribution in [0.5, 0.6) is 0 Å². The fraction of sp³-hybridized carbons (Fsp3) is 0. The first kappa shape index (κ1) is 36.4. The van der Waals surface area contributed by atoms with Crippen LogP contribution in [0.2, 0.25) is 0 Å². The second-order valence-corrected chi connectivity index (χ2v) is 10.5. The SMILES string of the molecule is Nc1ccc(N)c(C(=O)Nc2ccccc2)c1.Nc1ccc(NC(=O)c2ccccc2F)c(C(=O)Nc2ccccc2)c1.O=C(O)c1ccco1. The lowest BCUT2D eigenvalue weighted by Crippen LogP contribution is -2.19. The molecule has 0 bridgehead atoms. The number of hydrogen-bond donors (Lipinski definition) is 7. The highest BCUT2D eigenvalue weighted by Gasteiger charge is 2.17. The highest BCUT2D eigenvalue weighted by molar-refractivity contribution is 6.13. The summed E-state index contributed by atoms with van der Waals surface area (Å²) in [6.45, 7) is 0. The number of carboxylic acid groups (broad SMARTS) is 1. The Kier molecular flexibility index (Phi) is 12.6. The third kappa shape index (κ3) is 10.8. The topological polar surface area (TPSA) is 216 Å². The molecular formula is C38H33FN6O6. The number of aromatic carboxylic acids is 1. The molecule has 0 atom stereocenters. The minimum absolute atomic E-state index is 0.0231. The zero-order chi connectivity index (χ0) is 36.8. The van der Waals surface area contributed by atoms with Crippen molar-refractivity contribution in [2.45, 2.75) is 0 Å². The van der Waals surface area contributed by atoms with Gasteiger partial charge in [0.05, 0.1) is 28.6 Å². The van der Waals surface area contributed by atoms with Gasteiger partial charge in [-0.2, -0.15) is 0 Å². The van der Waals surface area contributed by atoms with Gasteiger partial charge >= 0.3 is 5.97 Å². The molecule has 1 aromatic heterocycles. The van der Waals surface area contributed by atoms with E-state index in [0.29, 0.717) is 28.3 Å². The van der Waals surface area contributed by atoms with Gasteiger partial charge in [-0.3, -0.25) is 14.4 Å². The van der Waals surface area contributed by atoms with Crippen molar-refractivity contribution in [2.75, 3.05) is 33.2 Å². The fourth-order valence-corrected chi connectivity index (χ4v) is 4.30. The summed E-state index contributed by atoms with van der Waals surface area (Å²) in [6, 6.07) is 36.0. The first-order chi connectivity index (χ1) is 24.5. The Hall–Kier alpha value is -7.41. The number of anilines is 6. The van der Waals surface area contributed by atoms with E-state index in [4.69, 9.17) is 22.3 Å². The van der Waals surface area contributed by atoms with Gasteiger partial charge in [0.2, 0.25) is 5.76 Å². The van der Waals surface area contributed by atoms with Gasteiger partial charge in [-0.25, -0.2) is 9.18 Å². The van der Waals surface area contributed by atoms with E-state index >= 15 is 0 Å². The lowest BCUT2D eigenvalue weighted by molar-refractivity contribution is 0.0661. The molecule has 0 saturated heterocycles. The van der Waals surface area contributed by atoms with E-state index in [0.717, 1.165) is 5.69 Å². The number of carbonyl (C=O) groups excluding carboxylic acids is 3. The summed E-state index contributed by atoms with van der Waals surface area (Å²) >= 11 is 0. The lowest BCUT2D eigenvalue weighted by Gasteiger charge is -2.13. The maximum atomic E-state index is 13.8. The Labute approximate surface area is 291 Å². The molecule has 51 heavy (non-hydrogen) atoms. The van der Waals surface area contributed by atoms with Gasteiger partial charge in [0.15, 0.2) is 0 Å². The molecule has 0 spiro atoms. The third-order valence-corrected chi connectivity index (χ3v) is 6.77. The van der Waals surface area contributed by atoms with Crippen LogP contribution in [-0.2, 0) is 0 Å². The van der Waals surface area contributed by atoms with Gasteiger partial charge < -0.3 is 42.7 Å². The van der Waals surface area contributed by atoms with E-state index < -0.39 is 23.6 Å². The molecular weight excluding hydrogens is 655 g/mol. The van der Waals surface area contributed by atoms with Crippen LogP contribution in [0, 0.1) is 5.82 Å². The number of halogens is 1. The van der Waals surface area contributed by atoms with Gasteiger partial charge in [-0.05, 0) is 84.9 Å². The van der Waals surface area contributed by atoms with Crippen LogP contribution in [-0.4, -0.2) is 28.8 Å². The number of carboxylic acids is 1. The highest BCUT2D eigenvalue weighted by Crippen LogP contribution is 2.22. The molecule has 0 unspecified atom stereocenters. The average molecular weight is 689 g/mol. The van der Waals surface area contributed by atoms with E-state index in [1.54, 1.807) is 66.7 Å². The zero-order valence-corrected chi connectivity index (χ0v) is 26.9. The van der Waals surface area contributed by atoms with Gasteiger partial charge in [0.1, 0.15) is 5.82 Å². The molecule has 0 radical (unpaired) electrons. The molecule has 0 aliphatic rings. The molecule has 258 valence electrons. The summed E-state index contributed by atoms with van der Waals surface area (Å²) in [6.07, 6.45) is 1.32. The number of furan rings is 1. The molecule has 12 nitrogen and oxygen atoms in total. The quantitative estimate of drug-likeness (QED) is 0.0859. The third-order valence-electron chi connectivity index (χ3n) is 6.77.